The van der Waals surface area contributed by atoms with Crippen LogP contribution in [-0.4, -0.2) is 49.2 Å². The normalized spacial score (nSPS) is 16.2. The van der Waals surface area contributed by atoms with Crippen LogP contribution in [0.5, 0.6) is 0 Å². The number of rotatable bonds is 7. The molecule has 1 fully saturated rings. The second-order valence-corrected chi connectivity index (χ2v) is 6.35. The van der Waals surface area contributed by atoms with Crippen LogP contribution in [0.25, 0.3) is 0 Å². The van der Waals surface area contributed by atoms with E-state index in [9.17, 15) is 0 Å². The first kappa shape index (κ1) is 22.2. The molecule has 144 valence electrons. The van der Waals surface area contributed by atoms with E-state index >= 15 is 0 Å². The van der Waals surface area contributed by atoms with E-state index in [4.69, 9.17) is 4.52 Å². The van der Waals surface area contributed by atoms with E-state index < -0.39 is 0 Å². The van der Waals surface area contributed by atoms with Crippen molar-refractivity contribution >= 4 is 29.9 Å². The zero-order valence-corrected chi connectivity index (χ0v) is 18.3. The molecule has 1 aliphatic rings. The summed E-state index contributed by atoms with van der Waals surface area (Å²) >= 11 is 0. The third kappa shape index (κ3) is 7.13. The fraction of sp³-hybridized carbons (Fsp3) is 0.778. The van der Waals surface area contributed by atoms with E-state index in [0.717, 1.165) is 43.3 Å². The quantitative estimate of drug-likeness (QED) is 0.370. The van der Waals surface area contributed by atoms with Gasteiger partial charge in [-0.15, -0.1) is 24.0 Å². The molecule has 0 unspecified atom stereocenters. The smallest absolute Gasteiger partial charge is 0.191 e. The van der Waals surface area contributed by atoms with E-state index in [1.807, 2.05) is 7.05 Å². The van der Waals surface area contributed by atoms with Gasteiger partial charge in [-0.25, -0.2) is 0 Å². The number of guanidine groups is 1. The minimum Gasteiger partial charge on any atom is -0.361 e. The molecule has 0 spiro atoms. The van der Waals surface area contributed by atoms with E-state index in [1.165, 1.54) is 44.3 Å². The highest BCUT2D eigenvalue weighted by Crippen LogP contribution is 2.15. The molecule has 7 heteroatoms. The lowest BCUT2D eigenvalue weighted by Crippen LogP contribution is -2.41. The van der Waals surface area contributed by atoms with Crippen molar-refractivity contribution in [2.24, 2.45) is 4.99 Å². The van der Waals surface area contributed by atoms with Crippen LogP contribution >= 0.6 is 24.0 Å². The Morgan fingerprint density at radius 1 is 1.12 bits per heavy atom. The average Bonchev–Trinajstić information content (AvgIpc) is 2.82. The molecule has 6 nitrogen and oxygen atoms in total. The number of halogens is 1. The van der Waals surface area contributed by atoms with Crippen LogP contribution in [0.4, 0.5) is 0 Å². The molecular weight excluding hydrogens is 429 g/mol. The van der Waals surface area contributed by atoms with Crippen molar-refractivity contribution in [2.45, 2.75) is 58.9 Å². The van der Waals surface area contributed by atoms with E-state index in [-0.39, 0.29) is 24.0 Å². The van der Waals surface area contributed by atoms with Crippen molar-refractivity contribution < 1.29 is 4.52 Å². The standard InChI is InChI=1S/C18H33N5O.HI/c1-4-16-15(17(5-2)24-22-16)14-21-18(19-3)20-10-13-23-11-8-6-7-9-12-23;/h4-14H2,1-3H3,(H2,19,20,21);1H. The fourth-order valence-electron chi connectivity index (χ4n) is 3.22. The molecule has 1 aromatic rings. The van der Waals surface area contributed by atoms with Gasteiger partial charge in [-0.05, 0) is 32.4 Å². The molecule has 0 saturated carbocycles. The zero-order valence-electron chi connectivity index (χ0n) is 15.9. The summed E-state index contributed by atoms with van der Waals surface area (Å²) < 4.78 is 5.42. The van der Waals surface area contributed by atoms with Crippen LogP contribution < -0.4 is 10.6 Å². The fourth-order valence-corrected chi connectivity index (χ4v) is 3.22. The Morgan fingerprint density at radius 3 is 2.44 bits per heavy atom. The summed E-state index contributed by atoms with van der Waals surface area (Å²) in [6.07, 6.45) is 7.18. The molecule has 0 aromatic carbocycles. The van der Waals surface area contributed by atoms with E-state index in [0.29, 0.717) is 6.54 Å². The Morgan fingerprint density at radius 2 is 1.84 bits per heavy atom. The average molecular weight is 463 g/mol. The van der Waals surface area contributed by atoms with Gasteiger partial charge in [0.1, 0.15) is 5.76 Å². The van der Waals surface area contributed by atoms with Gasteiger partial charge in [0, 0.05) is 38.7 Å². The number of hydrogen-bond acceptors (Lipinski definition) is 4. The molecule has 1 aliphatic heterocycles. The third-order valence-corrected chi connectivity index (χ3v) is 4.68. The predicted octanol–water partition coefficient (Wildman–Crippen LogP) is 2.96. The third-order valence-electron chi connectivity index (χ3n) is 4.68. The molecule has 0 bridgehead atoms. The van der Waals surface area contributed by atoms with Crippen molar-refractivity contribution in [3.8, 4) is 0 Å². The molecule has 0 amide bonds. The summed E-state index contributed by atoms with van der Waals surface area (Å²) in [7, 11) is 1.82. The highest BCUT2D eigenvalue weighted by molar-refractivity contribution is 14.0. The first-order chi connectivity index (χ1) is 11.8. The van der Waals surface area contributed by atoms with Gasteiger partial charge < -0.3 is 20.1 Å². The Bertz CT molecular complexity index is 488. The van der Waals surface area contributed by atoms with Crippen molar-refractivity contribution in [1.29, 1.82) is 0 Å². The zero-order chi connectivity index (χ0) is 17.2. The van der Waals surface area contributed by atoms with Gasteiger partial charge in [0.15, 0.2) is 5.96 Å². The Labute approximate surface area is 169 Å². The van der Waals surface area contributed by atoms with Crippen LogP contribution in [0.1, 0.15) is 56.5 Å². The van der Waals surface area contributed by atoms with Crippen LogP contribution in [0, 0.1) is 0 Å². The molecule has 1 saturated heterocycles. The molecule has 0 atom stereocenters. The number of hydrogen-bond donors (Lipinski definition) is 2. The van der Waals surface area contributed by atoms with Crippen LogP contribution in [-0.2, 0) is 19.4 Å². The maximum Gasteiger partial charge on any atom is 0.191 e. The van der Waals surface area contributed by atoms with Crippen molar-refractivity contribution in [1.82, 2.24) is 20.7 Å². The van der Waals surface area contributed by atoms with Gasteiger partial charge >= 0.3 is 0 Å². The Kier molecular flexibility index (Phi) is 11.1. The van der Waals surface area contributed by atoms with Crippen molar-refractivity contribution in [3.05, 3.63) is 17.0 Å². The molecule has 2 heterocycles. The predicted molar refractivity (Wildman–Crippen MR) is 114 cm³/mol. The minimum absolute atomic E-state index is 0. The molecule has 2 N–H and O–H groups in total. The number of aromatic nitrogens is 1. The first-order valence-corrected chi connectivity index (χ1v) is 9.41. The largest absolute Gasteiger partial charge is 0.361 e. The summed E-state index contributed by atoms with van der Waals surface area (Å²) in [5, 5.41) is 11.0. The monoisotopic (exact) mass is 463 g/mol. The molecule has 1 aromatic heterocycles. The van der Waals surface area contributed by atoms with Gasteiger partial charge in [0.05, 0.1) is 5.69 Å². The van der Waals surface area contributed by atoms with Crippen LogP contribution in [0.2, 0.25) is 0 Å². The molecule has 0 radical (unpaired) electrons. The lowest BCUT2D eigenvalue weighted by molar-refractivity contribution is 0.289. The van der Waals surface area contributed by atoms with Gasteiger partial charge in [-0.3, -0.25) is 4.99 Å². The Hall–Kier alpha value is -0.830. The van der Waals surface area contributed by atoms with Crippen molar-refractivity contribution in [3.63, 3.8) is 0 Å². The SMILES string of the molecule is CCc1noc(CC)c1CNC(=NC)NCCN1CCCCCC1.I. The van der Waals surface area contributed by atoms with Gasteiger partial charge in [-0.2, -0.15) is 0 Å². The number of aryl methyl sites for hydroxylation is 2. The summed E-state index contributed by atoms with van der Waals surface area (Å²) in [5.74, 6) is 1.81. The molecular formula is C18H34IN5O. The number of likely N-dealkylation sites (tertiary alicyclic amines) is 1. The second kappa shape index (κ2) is 12.5. The van der Waals surface area contributed by atoms with Gasteiger partial charge in [-0.1, -0.05) is 31.8 Å². The number of nitrogens with zero attached hydrogens (tertiary/aromatic N) is 3. The Balaban J connectivity index is 0.00000312. The van der Waals surface area contributed by atoms with E-state index in [1.54, 1.807) is 0 Å². The van der Waals surface area contributed by atoms with Crippen LogP contribution in [0.15, 0.2) is 9.52 Å². The number of nitrogens with one attached hydrogen (secondary N) is 2. The van der Waals surface area contributed by atoms with Gasteiger partial charge in [0.25, 0.3) is 0 Å². The molecule has 2 rings (SSSR count). The second-order valence-electron chi connectivity index (χ2n) is 6.35. The molecule has 25 heavy (non-hydrogen) atoms. The summed E-state index contributed by atoms with van der Waals surface area (Å²) in [5.41, 5.74) is 2.22. The number of aliphatic imine (C=N–C) groups is 1. The highest BCUT2D eigenvalue weighted by atomic mass is 127. The lowest BCUT2D eigenvalue weighted by Gasteiger charge is -2.20. The minimum atomic E-state index is 0. The summed E-state index contributed by atoms with van der Waals surface area (Å²) in [4.78, 5) is 6.88. The van der Waals surface area contributed by atoms with Gasteiger partial charge in [0.2, 0.25) is 0 Å². The first-order valence-electron chi connectivity index (χ1n) is 9.41. The summed E-state index contributed by atoms with van der Waals surface area (Å²) in [6.45, 7) is 9.37. The van der Waals surface area contributed by atoms with Crippen molar-refractivity contribution in [2.75, 3.05) is 33.2 Å². The van der Waals surface area contributed by atoms with E-state index in [2.05, 4.69) is 39.5 Å². The maximum atomic E-state index is 5.42. The maximum absolute atomic E-state index is 5.42. The van der Waals surface area contributed by atoms with Crippen LogP contribution in [0.3, 0.4) is 0 Å². The highest BCUT2D eigenvalue weighted by Gasteiger charge is 2.14. The molecule has 0 aliphatic carbocycles. The lowest BCUT2D eigenvalue weighted by atomic mass is 10.1. The topological polar surface area (TPSA) is 65.7 Å². The summed E-state index contributed by atoms with van der Waals surface area (Å²) in [6, 6.07) is 0.